The maximum Gasteiger partial charge on any atom is 0.186 e. The molecule has 0 saturated carbocycles. The predicted molar refractivity (Wildman–Crippen MR) is 125 cm³/mol. The van der Waals surface area contributed by atoms with Gasteiger partial charge in [0.25, 0.3) is 0 Å². The van der Waals surface area contributed by atoms with Crippen molar-refractivity contribution >= 4 is 22.5 Å². The number of ketones is 2. The molecule has 4 rings (SSSR count). The number of nitrogens with one attached hydrogen (secondary N) is 2. The Morgan fingerprint density at radius 1 is 0.968 bits per heavy atom. The Kier molecular flexibility index (Phi) is 6.10. The van der Waals surface area contributed by atoms with Gasteiger partial charge in [-0.15, -0.1) is 0 Å². The van der Waals surface area contributed by atoms with Crippen molar-refractivity contribution < 1.29 is 9.59 Å². The molecule has 4 nitrogen and oxygen atoms in total. The number of carbonyl (C=O) groups is 2. The van der Waals surface area contributed by atoms with Crippen molar-refractivity contribution in [3.63, 3.8) is 0 Å². The summed E-state index contributed by atoms with van der Waals surface area (Å²) in [5.41, 5.74) is 5.46. The van der Waals surface area contributed by atoms with Gasteiger partial charge in [0.05, 0.1) is 6.04 Å². The summed E-state index contributed by atoms with van der Waals surface area (Å²) in [6.07, 6.45) is 2.58. The van der Waals surface area contributed by atoms with Crippen LogP contribution in [0, 0.1) is 6.92 Å². The summed E-state index contributed by atoms with van der Waals surface area (Å²) < 4.78 is 0. The second-order valence-electron chi connectivity index (χ2n) is 7.92. The van der Waals surface area contributed by atoms with E-state index in [0.29, 0.717) is 17.7 Å². The molecule has 0 aliphatic carbocycles. The van der Waals surface area contributed by atoms with Gasteiger partial charge in [-0.05, 0) is 37.5 Å². The highest BCUT2D eigenvalue weighted by Gasteiger charge is 2.24. The predicted octanol–water partition coefficient (Wildman–Crippen LogP) is 5.44. The molecule has 0 aliphatic heterocycles. The zero-order chi connectivity index (χ0) is 21.8. The molecule has 3 aromatic carbocycles. The number of hydrogen-bond donors (Lipinski definition) is 2. The molecule has 0 amide bonds. The van der Waals surface area contributed by atoms with Crippen molar-refractivity contribution in [2.45, 2.75) is 26.3 Å². The fraction of sp³-hybridized carbons (Fsp3) is 0.185. The van der Waals surface area contributed by atoms with Crippen LogP contribution in [0.25, 0.3) is 10.9 Å². The average Bonchev–Trinajstić information content (AvgIpc) is 3.21. The van der Waals surface area contributed by atoms with Crippen LogP contribution >= 0.6 is 0 Å². The minimum Gasteiger partial charge on any atom is -0.360 e. The normalized spacial score (nSPS) is 12.1. The van der Waals surface area contributed by atoms with E-state index in [0.717, 1.165) is 22.9 Å². The molecule has 0 spiro atoms. The van der Waals surface area contributed by atoms with Crippen LogP contribution in [0.15, 0.2) is 79.0 Å². The third-order valence-corrected chi connectivity index (χ3v) is 5.63. The third-order valence-electron chi connectivity index (χ3n) is 5.63. The van der Waals surface area contributed by atoms with Gasteiger partial charge in [0, 0.05) is 34.8 Å². The first-order valence-electron chi connectivity index (χ1n) is 10.5. The molecule has 0 radical (unpaired) electrons. The van der Waals surface area contributed by atoms with Crippen LogP contribution in [0.3, 0.4) is 0 Å². The highest BCUT2D eigenvalue weighted by molar-refractivity contribution is 6.11. The molecule has 1 aromatic heterocycles. The van der Waals surface area contributed by atoms with Crippen molar-refractivity contribution in [1.29, 1.82) is 0 Å². The number of carbonyl (C=O) groups excluding carboxylic acids is 2. The van der Waals surface area contributed by atoms with Crippen molar-refractivity contribution in [3.8, 4) is 0 Å². The van der Waals surface area contributed by atoms with Crippen LogP contribution in [0.1, 0.15) is 50.4 Å². The Bertz CT molecular complexity index is 1210. The number of fused-ring (bicyclic) bond motifs is 1. The van der Waals surface area contributed by atoms with Crippen LogP contribution in [-0.4, -0.2) is 23.1 Å². The standard InChI is InChI=1S/C27H26N2O2/c1-18-8-10-20(11-9-18)14-15-28-26(21-6-4-3-5-7-21)27(31)24-17-29-25-16-22(19(2)30)12-13-23(24)25/h3-13,16-17,26,28-29H,14-15H2,1-2H3/t26-/m0/s1. The van der Waals surface area contributed by atoms with Gasteiger partial charge in [-0.1, -0.05) is 72.3 Å². The molecule has 4 aromatic rings. The van der Waals surface area contributed by atoms with E-state index in [4.69, 9.17) is 0 Å². The van der Waals surface area contributed by atoms with Gasteiger partial charge in [0.15, 0.2) is 11.6 Å². The zero-order valence-electron chi connectivity index (χ0n) is 17.8. The lowest BCUT2D eigenvalue weighted by molar-refractivity contribution is 0.0944. The number of aromatic amines is 1. The molecule has 0 aliphatic rings. The van der Waals surface area contributed by atoms with Gasteiger partial charge < -0.3 is 10.3 Å². The largest absolute Gasteiger partial charge is 0.360 e. The highest BCUT2D eigenvalue weighted by atomic mass is 16.1. The molecule has 1 heterocycles. The van der Waals surface area contributed by atoms with Crippen LogP contribution < -0.4 is 5.32 Å². The molecule has 1 atom stereocenters. The van der Waals surface area contributed by atoms with Crippen molar-refractivity contribution in [2.75, 3.05) is 6.54 Å². The molecule has 31 heavy (non-hydrogen) atoms. The smallest absolute Gasteiger partial charge is 0.186 e. The summed E-state index contributed by atoms with van der Waals surface area (Å²) in [7, 11) is 0. The Morgan fingerprint density at radius 3 is 2.42 bits per heavy atom. The fourth-order valence-electron chi connectivity index (χ4n) is 3.83. The van der Waals surface area contributed by atoms with Crippen LogP contribution in [-0.2, 0) is 6.42 Å². The Hall–Kier alpha value is -3.50. The molecular weight excluding hydrogens is 384 g/mol. The van der Waals surface area contributed by atoms with E-state index < -0.39 is 6.04 Å². The van der Waals surface area contributed by atoms with Crippen LogP contribution in [0.2, 0.25) is 0 Å². The summed E-state index contributed by atoms with van der Waals surface area (Å²) in [6, 6.07) is 23.3. The summed E-state index contributed by atoms with van der Waals surface area (Å²) in [4.78, 5) is 28.4. The number of hydrogen-bond acceptors (Lipinski definition) is 3. The first-order chi connectivity index (χ1) is 15.0. The van der Waals surface area contributed by atoms with E-state index >= 15 is 0 Å². The quantitative estimate of drug-likeness (QED) is 0.381. The van der Waals surface area contributed by atoms with Gasteiger partial charge in [-0.2, -0.15) is 0 Å². The first-order valence-corrected chi connectivity index (χ1v) is 10.5. The Labute approximate surface area is 182 Å². The minimum absolute atomic E-state index is 0.00399. The molecule has 0 bridgehead atoms. The van der Waals surface area contributed by atoms with Crippen LogP contribution in [0.5, 0.6) is 0 Å². The van der Waals surface area contributed by atoms with E-state index in [2.05, 4.69) is 41.5 Å². The Morgan fingerprint density at radius 2 is 1.71 bits per heavy atom. The van der Waals surface area contributed by atoms with Crippen molar-refractivity contribution in [3.05, 3.63) is 107 Å². The van der Waals surface area contributed by atoms with E-state index in [9.17, 15) is 9.59 Å². The molecule has 4 heteroatoms. The van der Waals surface area contributed by atoms with Gasteiger partial charge in [-0.3, -0.25) is 9.59 Å². The number of aromatic nitrogens is 1. The number of H-pyrrole nitrogens is 1. The van der Waals surface area contributed by atoms with E-state index in [-0.39, 0.29) is 11.6 Å². The molecule has 0 saturated heterocycles. The maximum absolute atomic E-state index is 13.6. The molecule has 2 N–H and O–H groups in total. The second kappa shape index (κ2) is 9.11. The van der Waals surface area contributed by atoms with Gasteiger partial charge in [-0.25, -0.2) is 0 Å². The Balaban J connectivity index is 1.59. The molecular formula is C27H26N2O2. The van der Waals surface area contributed by atoms with Gasteiger partial charge in [0.2, 0.25) is 0 Å². The average molecular weight is 411 g/mol. The summed E-state index contributed by atoms with van der Waals surface area (Å²) in [5, 5.41) is 4.29. The molecule has 156 valence electrons. The second-order valence-corrected chi connectivity index (χ2v) is 7.92. The summed E-state index contributed by atoms with van der Waals surface area (Å²) in [5.74, 6) is 0.0150. The highest BCUT2D eigenvalue weighted by Crippen LogP contribution is 2.26. The minimum atomic E-state index is -0.446. The maximum atomic E-state index is 13.6. The first kappa shape index (κ1) is 20.8. The van der Waals surface area contributed by atoms with Crippen molar-refractivity contribution in [2.24, 2.45) is 0 Å². The fourth-order valence-corrected chi connectivity index (χ4v) is 3.83. The SMILES string of the molecule is CC(=O)c1ccc2c(C(=O)[C@@H](NCCc3ccc(C)cc3)c3ccccc3)c[nH]c2c1. The number of Topliss-reactive ketones (excluding diaryl/α,β-unsaturated/α-hetero) is 2. The number of rotatable bonds is 8. The van der Waals surface area contributed by atoms with E-state index in [1.807, 2.05) is 36.4 Å². The number of benzene rings is 3. The summed E-state index contributed by atoms with van der Waals surface area (Å²) >= 11 is 0. The topological polar surface area (TPSA) is 62.0 Å². The lowest BCUT2D eigenvalue weighted by Gasteiger charge is -2.18. The van der Waals surface area contributed by atoms with Gasteiger partial charge in [0.1, 0.15) is 0 Å². The molecule has 0 fully saturated rings. The number of aryl methyl sites for hydroxylation is 1. The van der Waals surface area contributed by atoms with Gasteiger partial charge >= 0.3 is 0 Å². The van der Waals surface area contributed by atoms with E-state index in [1.54, 1.807) is 25.3 Å². The van der Waals surface area contributed by atoms with E-state index in [1.165, 1.54) is 11.1 Å². The lowest BCUT2D eigenvalue weighted by atomic mass is 9.96. The summed E-state index contributed by atoms with van der Waals surface area (Å²) in [6.45, 7) is 4.30. The third kappa shape index (κ3) is 4.65. The monoisotopic (exact) mass is 410 g/mol. The molecule has 0 unspecified atom stereocenters. The lowest BCUT2D eigenvalue weighted by Crippen LogP contribution is -2.30. The van der Waals surface area contributed by atoms with Crippen molar-refractivity contribution in [1.82, 2.24) is 10.3 Å². The van der Waals surface area contributed by atoms with Crippen LogP contribution in [0.4, 0.5) is 0 Å². The zero-order valence-corrected chi connectivity index (χ0v) is 17.8.